The lowest BCUT2D eigenvalue weighted by molar-refractivity contribution is 0.306. The number of ether oxygens (including phenoxy) is 1. The topological polar surface area (TPSA) is 38.5 Å². The Labute approximate surface area is 117 Å². The first-order chi connectivity index (χ1) is 9.76. The minimum Gasteiger partial charge on any atom is -0.490 e. The van der Waals surface area contributed by atoms with E-state index in [-0.39, 0.29) is 5.82 Å². The van der Waals surface area contributed by atoms with Crippen LogP contribution in [-0.4, -0.2) is 13.2 Å². The quantitative estimate of drug-likeness (QED) is 0.933. The lowest BCUT2D eigenvalue weighted by atomic mass is 10.1. The molecule has 0 saturated carbocycles. The lowest BCUT2D eigenvalue weighted by Crippen LogP contribution is -2.32. The van der Waals surface area contributed by atoms with Crippen molar-refractivity contribution >= 4 is 5.69 Å². The van der Waals surface area contributed by atoms with E-state index in [1.165, 1.54) is 6.07 Å². The Morgan fingerprint density at radius 1 is 1.15 bits per heavy atom. The van der Waals surface area contributed by atoms with Gasteiger partial charge >= 0.3 is 0 Å². The van der Waals surface area contributed by atoms with Crippen LogP contribution in [0, 0.1) is 5.82 Å². The van der Waals surface area contributed by atoms with Crippen LogP contribution in [-0.2, 0) is 13.1 Å². The van der Waals surface area contributed by atoms with Gasteiger partial charge in [0.05, 0.1) is 12.2 Å². The molecular formula is C16H17FN2O. The first-order valence-corrected chi connectivity index (χ1v) is 6.71. The van der Waals surface area contributed by atoms with E-state index in [4.69, 9.17) is 10.5 Å². The molecule has 3 nitrogen and oxygen atoms in total. The summed E-state index contributed by atoms with van der Waals surface area (Å²) in [6.07, 6.45) is 0. The molecule has 0 radical (unpaired) electrons. The first kappa shape index (κ1) is 12.9. The molecule has 2 aromatic rings. The van der Waals surface area contributed by atoms with Crippen molar-refractivity contribution in [2.45, 2.75) is 13.1 Å². The standard InChI is InChI=1S/C16H17FN2O/c17-14-3-1-2-13(8-14)11-19-6-7-20-16-9-12(10-18)4-5-15(16)19/h1-5,8-9H,6-7,10-11,18H2. The maximum Gasteiger partial charge on any atom is 0.143 e. The molecule has 3 rings (SSSR count). The van der Waals surface area contributed by atoms with Gasteiger partial charge in [-0.3, -0.25) is 0 Å². The summed E-state index contributed by atoms with van der Waals surface area (Å²) < 4.78 is 18.9. The Morgan fingerprint density at radius 2 is 2.05 bits per heavy atom. The first-order valence-electron chi connectivity index (χ1n) is 6.71. The van der Waals surface area contributed by atoms with Crippen molar-refractivity contribution < 1.29 is 9.13 Å². The van der Waals surface area contributed by atoms with Crippen LogP contribution in [0.3, 0.4) is 0 Å². The van der Waals surface area contributed by atoms with Gasteiger partial charge in [0.1, 0.15) is 18.2 Å². The fourth-order valence-corrected chi connectivity index (χ4v) is 2.47. The highest BCUT2D eigenvalue weighted by molar-refractivity contribution is 5.61. The minimum atomic E-state index is -0.200. The third-order valence-electron chi connectivity index (χ3n) is 3.48. The summed E-state index contributed by atoms with van der Waals surface area (Å²) in [5, 5.41) is 0. The van der Waals surface area contributed by atoms with Gasteiger partial charge in [-0.15, -0.1) is 0 Å². The smallest absolute Gasteiger partial charge is 0.143 e. The highest BCUT2D eigenvalue weighted by Gasteiger charge is 2.18. The zero-order chi connectivity index (χ0) is 13.9. The predicted octanol–water partition coefficient (Wildman–Crippen LogP) is 2.68. The number of rotatable bonds is 3. The van der Waals surface area contributed by atoms with Gasteiger partial charge < -0.3 is 15.4 Å². The van der Waals surface area contributed by atoms with Crippen LogP contribution >= 0.6 is 0 Å². The highest BCUT2D eigenvalue weighted by atomic mass is 19.1. The number of anilines is 1. The molecule has 0 saturated heterocycles. The normalized spacial score (nSPS) is 13.8. The van der Waals surface area contributed by atoms with Crippen LogP contribution in [0.4, 0.5) is 10.1 Å². The van der Waals surface area contributed by atoms with Crippen LogP contribution in [0.2, 0.25) is 0 Å². The highest BCUT2D eigenvalue weighted by Crippen LogP contribution is 2.33. The Morgan fingerprint density at radius 3 is 2.85 bits per heavy atom. The second-order valence-corrected chi connectivity index (χ2v) is 4.91. The maximum atomic E-state index is 13.3. The van der Waals surface area contributed by atoms with E-state index in [1.54, 1.807) is 12.1 Å². The van der Waals surface area contributed by atoms with Gasteiger partial charge in [-0.2, -0.15) is 0 Å². The van der Waals surface area contributed by atoms with Crippen LogP contribution in [0.1, 0.15) is 11.1 Å². The summed E-state index contributed by atoms with van der Waals surface area (Å²) in [5.41, 5.74) is 8.70. The molecule has 0 aliphatic carbocycles. The number of hydrogen-bond acceptors (Lipinski definition) is 3. The van der Waals surface area contributed by atoms with Gasteiger partial charge in [0.2, 0.25) is 0 Å². The molecule has 104 valence electrons. The van der Waals surface area contributed by atoms with Crippen molar-refractivity contribution in [3.05, 3.63) is 59.4 Å². The molecule has 0 aromatic heterocycles. The molecular weight excluding hydrogens is 255 g/mol. The van der Waals surface area contributed by atoms with E-state index in [0.29, 0.717) is 19.7 Å². The molecule has 0 fully saturated rings. The molecule has 4 heteroatoms. The summed E-state index contributed by atoms with van der Waals surface area (Å²) in [6, 6.07) is 12.7. The molecule has 0 amide bonds. The predicted molar refractivity (Wildman–Crippen MR) is 77.3 cm³/mol. The summed E-state index contributed by atoms with van der Waals surface area (Å²) >= 11 is 0. The Balaban J connectivity index is 1.86. The van der Waals surface area contributed by atoms with E-state index in [9.17, 15) is 4.39 Å². The SMILES string of the molecule is NCc1ccc2c(c1)OCCN2Cc1cccc(F)c1. The Bertz CT molecular complexity index is 615. The Kier molecular flexibility index (Phi) is 3.56. The van der Waals surface area contributed by atoms with Gasteiger partial charge in [-0.05, 0) is 35.4 Å². The third kappa shape index (κ3) is 2.60. The summed E-state index contributed by atoms with van der Waals surface area (Å²) in [5.74, 6) is 0.657. The molecule has 0 bridgehead atoms. The number of fused-ring (bicyclic) bond motifs is 1. The third-order valence-corrected chi connectivity index (χ3v) is 3.48. The van der Waals surface area contributed by atoms with E-state index >= 15 is 0 Å². The van der Waals surface area contributed by atoms with Crippen molar-refractivity contribution in [2.24, 2.45) is 5.73 Å². The monoisotopic (exact) mass is 272 g/mol. The van der Waals surface area contributed by atoms with Gasteiger partial charge in [0.25, 0.3) is 0 Å². The van der Waals surface area contributed by atoms with Crippen molar-refractivity contribution in [1.82, 2.24) is 0 Å². The molecule has 0 unspecified atom stereocenters. The molecule has 0 spiro atoms. The molecule has 0 atom stereocenters. The van der Waals surface area contributed by atoms with E-state index in [1.807, 2.05) is 24.3 Å². The molecule has 2 N–H and O–H groups in total. The molecule has 1 aliphatic rings. The maximum absolute atomic E-state index is 13.3. The van der Waals surface area contributed by atoms with Crippen LogP contribution in [0.25, 0.3) is 0 Å². The van der Waals surface area contributed by atoms with Gasteiger partial charge in [-0.1, -0.05) is 18.2 Å². The number of halogens is 1. The summed E-state index contributed by atoms with van der Waals surface area (Å²) in [7, 11) is 0. The van der Waals surface area contributed by atoms with Crippen molar-refractivity contribution in [3.63, 3.8) is 0 Å². The number of benzene rings is 2. The second kappa shape index (κ2) is 5.51. The number of nitrogens with two attached hydrogens (primary N) is 1. The van der Waals surface area contributed by atoms with Crippen molar-refractivity contribution in [2.75, 3.05) is 18.1 Å². The van der Waals surface area contributed by atoms with Crippen LogP contribution in [0.15, 0.2) is 42.5 Å². The fourth-order valence-electron chi connectivity index (χ4n) is 2.47. The van der Waals surface area contributed by atoms with Gasteiger partial charge in [0.15, 0.2) is 0 Å². The molecule has 2 aromatic carbocycles. The van der Waals surface area contributed by atoms with Crippen LogP contribution < -0.4 is 15.4 Å². The van der Waals surface area contributed by atoms with Crippen LogP contribution in [0.5, 0.6) is 5.75 Å². The zero-order valence-electron chi connectivity index (χ0n) is 11.2. The second-order valence-electron chi connectivity index (χ2n) is 4.91. The summed E-state index contributed by atoms with van der Waals surface area (Å²) in [6.45, 7) is 2.61. The fraction of sp³-hybridized carbons (Fsp3) is 0.250. The number of nitrogens with zero attached hydrogens (tertiary/aromatic N) is 1. The molecule has 1 aliphatic heterocycles. The average Bonchev–Trinajstić information content (AvgIpc) is 2.47. The summed E-state index contributed by atoms with van der Waals surface area (Å²) in [4.78, 5) is 2.20. The van der Waals surface area contributed by atoms with Gasteiger partial charge in [0, 0.05) is 13.1 Å². The minimum absolute atomic E-state index is 0.200. The largest absolute Gasteiger partial charge is 0.490 e. The molecule has 1 heterocycles. The zero-order valence-corrected chi connectivity index (χ0v) is 11.2. The number of hydrogen-bond donors (Lipinski definition) is 1. The van der Waals surface area contributed by atoms with Crippen molar-refractivity contribution in [3.8, 4) is 5.75 Å². The lowest BCUT2D eigenvalue weighted by Gasteiger charge is -2.31. The van der Waals surface area contributed by atoms with E-state index in [2.05, 4.69) is 4.90 Å². The average molecular weight is 272 g/mol. The van der Waals surface area contributed by atoms with Gasteiger partial charge in [-0.25, -0.2) is 4.39 Å². The molecule has 20 heavy (non-hydrogen) atoms. The van der Waals surface area contributed by atoms with E-state index in [0.717, 1.165) is 29.1 Å². The van der Waals surface area contributed by atoms with E-state index < -0.39 is 0 Å². The van der Waals surface area contributed by atoms with Crippen molar-refractivity contribution in [1.29, 1.82) is 0 Å². The Hall–Kier alpha value is -2.07.